The molecule has 0 atom stereocenters. The maximum atomic E-state index is 8.47. The van der Waals surface area contributed by atoms with Crippen molar-refractivity contribution in [1.82, 2.24) is 15.0 Å². The molecule has 4 nitrogen and oxygen atoms in total. The molecule has 0 fully saturated rings. The van der Waals surface area contributed by atoms with Crippen LogP contribution in [0.15, 0.2) is 22.7 Å². The lowest BCUT2D eigenvalue weighted by Gasteiger charge is -1.97. The van der Waals surface area contributed by atoms with E-state index in [0.717, 1.165) is 15.5 Å². The topological polar surface area (TPSA) is 54.5 Å². The molecule has 14 heavy (non-hydrogen) atoms. The average Bonchev–Trinajstić information content (AvgIpc) is 2.57. The van der Waals surface area contributed by atoms with Crippen LogP contribution in [0, 0.1) is 11.3 Å². The molecular formula is C9H7BrN4. The standard InChI is InChI=1S/C9H7BrN4/c10-7-2-3-8-9(6-7)14(13-12-8)5-1-4-11/h2-3,6H,1,5H2. The fourth-order valence-corrected chi connectivity index (χ4v) is 1.61. The fraction of sp³-hybridized carbons (Fsp3) is 0.222. The monoisotopic (exact) mass is 250 g/mol. The third-order valence-corrected chi connectivity index (χ3v) is 2.40. The second-order valence-electron chi connectivity index (χ2n) is 2.85. The van der Waals surface area contributed by atoms with E-state index in [-0.39, 0.29) is 0 Å². The van der Waals surface area contributed by atoms with Gasteiger partial charge in [0.2, 0.25) is 0 Å². The van der Waals surface area contributed by atoms with Crippen LogP contribution in [-0.4, -0.2) is 15.0 Å². The van der Waals surface area contributed by atoms with Gasteiger partial charge in [0.05, 0.1) is 24.6 Å². The Morgan fingerprint density at radius 2 is 2.36 bits per heavy atom. The summed E-state index contributed by atoms with van der Waals surface area (Å²) in [6, 6.07) is 7.86. The number of aromatic nitrogens is 3. The molecule has 0 amide bonds. The lowest BCUT2D eigenvalue weighted by atomic mass is 10.3. The molecule has 0 aliphatic carbocycles. The van der Waals surface area contributed by atoms with Gasteiger partial charge in [0, 0.05) is 4.47 Å². The van der Waals surface area contributed by atoms with Crippen molar-refractivity contribution in [1.29, 1.82) is 5.26 Å². The van der Waals surface area contributed by atoms with Gasteiger partial charge in [-0.15, -0.1) is 5.10 Å². The number of fused-ring (bicyclic) bond motifs is 1. The third-order valence-electron chi connectivity index (χ3n) is 1.91. The molecular weight excluding hydrogens is 244 g/mol. The Balaban J connectivity index is 2.46. The van der Waals surface area contributed by atoms with Gasteiger partial charge in [-0.1, -0.05) is 21.1 Å². The summed E-state index contributed by atoms with van der Waals surface area (Å²) in [5, 5.41) is 16.4. The van der Waals surface area contributed by atoms with Gasteiger partial charge >= 0.3 is 0 Å². The smallest absolute Gasteiger partial charge is 0.113 e. The van der Waals surface area contributed by atoms with Crippen molar-refractivity contribution in [2.24, 2.45) is 0 Å². The van der Waals surface area contributed by atoms with Gasteiger partial charge in [-0.2, -0.15) is 5.26 Å². The molecule has 1 aromatic carbocycles. The van der Waals surface area contributed by atoms with Crippen LogP contribution < -0.4 is 0 Å². The predicted molar refractivity (Wildman–Crippen MR) is 55.5 cm³/mol. The van der Waals surface area contributed by atoms with Crippen molar-refractivity contribution in [3.63, 3.8) is 0 Å². The molecule has 5 heteroatoms. The molecule has 0 saturated carbocycles. The summed E-state index contributed by atoms with van der Waals surface area (Å²) in [6.07, 6.45) is 0.449. The van der Waals surface area contributed by atoms with E-state index >= 15 is 0 Å². The summed E-state index contributed by atoms with van der Waals surface area (Å²) in [7, 11) is 0. The summed E-state index contributed by atoms with van der Waals surface area (Å²) < 4.78 is 2.73. The molecule has 0 unspecified atom stereocenters. The molecule has 0 bridgehead atoms. The van der Waals surface area contributed by atoms with E-state index in [1.54, 1.807) is 4.68 Å². The second-order valence-corrected chi connectivity index (χ2v) is 3.77. The van der Waals surface area contributed by atoms with Gasteiger partial charge in [0.15, 0.2) is 0 Å². The third kappa shape index (κ3) is 1.61. The van der Waals surface area contributed by atoms with Crippen molar-refractivity contribution >= 4 is 27.0 Å². The maximum absolute atomic E-state index is 8.47. The Morgan fingerprint density at radius 1 is 1.50 bits per heavy atom. The lowest BCUT2D eigenvalue weighted by Crippen LogP contribution is -1.99. The van der Waals surface area contributed by atoms with Gasteiger partial charge in [0.1, 0.15) is 5.52 Å². The highest BCUT2D eigenvalue weighted by Gasteiger charge is 2.03. The first-order valence-electron chi connectivity index (χ1n) is 4.17. The average molecular weight is 251 g/mol. The van der Waals surface area contributed by atoms with Crippen LogP contribution in [0.3, 0.4) is 0 Å². The molecule has 1 heterocycles. The number of nitriles is 1. The number of rotatable bonds is 2. The van der Waals surface area contributed by atoms with Gasteiger partial charge in [0.25, 0.3) is 0 Å². The minimum Gasteiger partial charge on any atom is -0.244 e. The van der Waals surface area contributed by atoms with Crippen LogP contribution in [0.5, 0.6) is 0 Å². The zero-order chi connectivity index (χ0) is 9.97. The summed E-state index contributed by atoms with van der Waals surface area (Å²) in [5.74, 6) is 0. The van der Waals surface area contributed by atoms with Gasteiger partial charge in [-0.05, 0) is 18.2 Å². The van der Waals surface area contributed by atoms with Crippen LogP contribution in [0.1, 0.15) is 6.42 Å². The number of hydrogen-bond donors (Lipinski definition) is 0. The molecule has 2 aromatic rings. The van der Waals surface area contributed by atoms with E-state index in [2.05, 4.69) is 32.3 Å². The molecule has 1 aromatic heterocycles. The first-order valence-corrected chi connectivity index (χ1v) is 4.96. The van der Waals surface area contributed by atoms with Crippen LogP contribution in [0.4, 0.5) is 0 Å². The number of aryl methyl sites for hydroxylation is 1. The molecule has 0 radical (unpaired) electrons. The summed E-state index contributed by atoms with van der Waals surface area (Å²) in [6.45, 7) is 0.587. The highest BCUT2D eigenvalue weighted by Crippen LogP contribution is 2.17. The van der Waals surface area contributed by atoms with Crippen LogP contribution in [0.2, 0.25) is 0 Å². The number of hydrogen-bond acceptors (Lipinski definition) is 3. The van der Waals surface area contributed by atoms with E-state index in [1.807, 2.05) is 18.2 Å². The van der Waals surface area contributed by atoms with Crippen molar-refractivity contribution in [2.75, 3.05) is 0 Å². The van der Waals surface area contributed by atoms with E-state index in [4.69, 9.17) is 5.26 Å². The minimum atomic E-state index is 0.449. The first kappa shape index (κ1) is 9.16. The van der Waals surface area contributed by atoms with Crippen molar-refractivity contribution in [3.05, 3.63) is 22.7 Å². The number of halogens is 1. The normalized spacial score (nSPS) is 10.3. The highest BCUT2D eigenvalue weighted by molar-refractivity contribution is 9.10. The zero-order valence-corrected chi connectivity index (χ0v) is 8.90. The Bertz CT molecular complexity index is 497. The Hall–Kier alpha value is -1.41. The maximum Gasteiger partial charge on any atom is 0.113 e. The molecule has 0 saturated heterocycles. The van der Waals surface area contributed by atoms with Gasteiger partial charge < -0.3 is 0 Å². The zero-order valence-electron chi connectivity index (χ0n) is 7.31. The van der Waals surface area contributed by atoms with Crippen LogP contribution >= 0.6 is 15.9 Å². The van der Waals surface area contributed by atoms with Gasteiger partial charge in [-0.3, -0.25) is 0 Å². The first-order chi connectivity index (χ1) is 6.81. The summed E-state index contributed by atoms with van der Waals surface area (Å²) >= 11 is 3.39. The molecule has 0 N–H and O–H groups in total. The summed E-state index contributed by atoms with van der Waals surface area (Å²) in [5.41, 5.74) is 1.81. The van der Waals surface area contributed by atoms with Crippen LogP contribution in [0.25, 0.3) is 11.0 Å². The van der Waals surface area contributed by atoms with Gasteiger partial charge in [-0.25, -0.2) is 4.68 Å². The Kier molecular flexibility index (Phi) is 2.46. The highest BCUT2D eigenvalue weighted by atomic mass is 79.9. The summed E-state index contributed by atoms with van der Waals surface area (Å²) in [4.78, 5) is 0. The number of nitrogens with zero attached hydrogens (tertiary/aromatic N) is 4. The van der Waals surface area contributed by atoms with Crippen molar-refractivity contribution in [3.8, 4) is 6.07 Å². The van der Waals surface area contributed by atoms with E-state index in [0.29, 0.717) is 13.0 Å². The van der Waals surface area contributed by atoms with Crippen molar-refractivity contribution < 1.29 is 0 Å². The molecule has 0 aliphatic heterocycles. The number of benzene rings is 1. The Labute approximate surface area is 89.3 Å². The lowest BCUT2D eigenvalue weighted by molar-refractivity contribution is 0.618. The van der Waals surface area contributed by atoms with E-state index < -0.39 is 0 Å². The van der Waals surface area contributed by atoms with Crippen molar-refractivity contribution in [2.45, 2.75) is 13.0 Å². The molecule has 70 valence electrons. The second kappa shape index (κ2) is 3.76. The molecule has 0 spiro atoms. The van der Waals surface area contributed by atoms with E-state index in [9.17, 15) is 0 Å². The predicted octanol–water partition coefficient (Wildman–Crippen LogP) is 2.11. The van der Waals surface area contributed by atoms with Crippen LogP contribution in [-0.2, 0) is 6.54 Å². The fourth-order valence-electron chi connectivity index (χ4n) is 1.26. The van der Waals surface area contributed by atoms with E-state index in [1.165, 1.54) is 0 Å². The Morgan fingerprint density at radius 3 is 3.14 bits per heavy atom. The molecule has 2 rings (SSSR count). The largest absolute Gasteiger partial charge is 0.244 e. The minimum absolute atomic E-state index is 0.449. The quantitative estimate of drug-likeness (QED) is 0.821. The molecule has 0 aliphatic rings. The SMILES string of the molecule is N#CCCn1nnc2ccc(Br)cc21.